The van der Waals surface area contributed by atoms with Crippen molar-refractivity contribution in [3.05, 3.63) is 30.6 Å². The van der Waals surface area contributed by atoms with E-state index in [1.54, 1.807) is 17.0 Å². The number of benzene rings is 1. The van der Waals surface area contributed by atoms with Gasteiger partial charge in [-0.25, -0.2) is 4.68 Å². The zero-order valence-corrected chi connectivity index (χ0v) is 13.7. The third-order valence-electron chi connectivity index (χ3n) is 3.92. The number of carbonyl (C=O) groups is 2. The average Bonchev–Trinajstić information content (AvgIpc) is 3.18. The highest BCUT2D eigenvalue weighted by molar-refractivity contribution is 5.97. The Hall–Kier alpha value is -2.77. The minimum absolute atomic E-state index is 0.0536. The molecule has 126 valence electrons. The molecule has 0 aliphatic carbocycles. The summed E-state index contributed by atoms with van der Waals surface area (Å²) in [6, 6.07) is 7.21. The Balaban J connectivity index is 1.60. The molecule has 3 rings (SSSR count). The lowest BCUT2D eigenvalue weighted by Crippen LogP contribution is -2.31. The second kappa shape index (κ2) is 6.77. The lowest BCUT2D eigenvalue weighted by molar-refractivity contribution is -0.128. The fourth-order valence-electron chi connectivity index (χ4n) is 2.79. The fraction of sp³-hybridized carbons (Fsp3) is 0.438. The molecule has 1 aromatic heterocycles. The van der Waals surface area contributed by atoms with Gasteiger partial charge in [0.25, 0.3) is 0 Å². The SMILES string of the molecule is CC(C)CN1C[C@@H](C(=O)Nc2ccc(-n3cnnn3)cc2)CC1=O. The van der Waals surface area contributed by atoms with E-state index in [1.165, 1.54) is 11.0 Å². The van der Waals surface area contributed by atoms with Gasteiger partial charge in [0.05, 0.1) is 11.6 Å². The summed E-state index contributed by atoms with van der Waals surface area (Å²) < 4.78 is 1.53. The van der Waals surface area contributed by atoms with E-state index in [4.69, 9.17) is 0 Å². The average molecular weight is 328 g/mol. The molecule has 1 fully saturated rings. The van der Waals surface area contributed by atoms with Crippen LogP contribution in [0.25, 0.3) is 5.69 Å². The van der Waals surface area contributed by atoms with Crippen LogP contribution >= 0.6 is 0 Å². The number of aromatic nitrogens is 4. The van der Waals surface area contributed by atoms with E-state index in [1.807, 2.05) is 12.1 Å². The summed E-state index contributed by atoms with van der Waals surface area (Å²) in [5.74, 6) is 0.0349. The Morgan fingerprint density at radius 3 is 2.71 bits per heavy atom. The van der Waals surface area contributed by atoms with Crippen molar-refractivity contribution in [1.29, 1.82) is 0 Å². The maximum atomic E-state index is 12.4. The molecule has 0 radical (unpaired) electrons. The van der Waals surface area contributed by atoms with Crippen LogP contribution in [0.15, 0.2) is 30.6 Å². The molecular weight excluding hydrogens is 308 g/mol. The highest BCUT2D eigenvalue weighted by Gasteiger charge is 2.34. The van der Waals surface area contributed by atoms with E-state index in [0.717, 1.165) is 5.69 Å². The number of hydrogen-bond donors (Lipinski definition) is 1. The molecule has 2 heterocycles. The number of rotatable bonds is 5. The van der Waals surface area contributed by atoms with Gasteiger partial charge in [0, 0.05) is 25.2 Å². The van der Waals surface area contributed by atoms with Gasteiger partial charge < -0.3 is 10.2 Å². The highest BCUT2D eigenvalue weighted by atomic mass is 16.2. The van der Waals surface area contributed by atoms with Crippen LogP contribution in [0, 0.1) is 11.8 Å². The largest absolute Gasteiger partial charge is 0.342 e. The fourth-order valence-corrected chi connectivity index (χ4v) is 2.79. The number of likely N-dealkylation sites (tertiary alicyclic amines) is 1. The van der Waals surface area contributed by atoms with Gasteiger partial charge >= 0.3 is 0 Å². The van der Waals surface area contributed by atoms with Gasteiger partial charge in [-0.2, -0.15) is 0 Å². The van der Waals surface area contributed by atoms with Crippen molar-refractivity contribution in [1.82, 2.24) is 25.1 Å². The molecular formula is C16H20N6O2. The van der Waals surface area contributed by atoms with Crippen molar-refractivity contribution in [3.63, 3.8) is 0 Å². The molecule has 1 aliphatic heterocycles. The van der Waals surface area contributed by atoms with Crippen molar-refractivity contribution in [2.45, 2.75) is 20.3 Å². The molecule has 2 amide bonds. The van der Waals surface area contributed by atoms with Crippen molar-refractivity contribution >= 4 is 17.5 Å². The first-order valence-corrected chi connectivity index (χ1v) is 7.95. The smallest absolute Gasteiger partial charge is 0.229 e. The van der Waals surface area contributed by atoms with Crippen LogP contribution < -0.4 is 5.32 Å². The molecule has 2 aromatic rings. The van der Waals surface area contributed by atoms with Crippen LogP contribution in [0.1, 0.15) is 20.3 Å². The van der Waals surface area contributed by atoms with E-state index in [2.05, 4.69) is 34.7 Å². The van der Waals surface area contributed by atoms with Gasteiger partial charge in [0.1, 0.15) is 6.33 Å². The Morgan fingerprint density at radius 2 is 2.08 bits per heavy atom. The van der Waals surface area contributed by atoms with Crippen LogP contribution in [0.2, 0.25) is 0 Å². The van der Waals surface area contributed by atoms with Gasteiger partial charge in [-0.1, -0.05) is 13.8 Å². The van der Waals surface area contributed by atoms with E-state index in [-0.39, 0.29) is 24.2 Å². The molecule has 1 saturated heterocycles. The number of carbonyl (C=O) groups excluding carboxylic acids is 2. The topological polar surface area (TPSA) is 93.0 Å². The molecule has 8 heteroatoms. The molecule has 0 spiro atoms. The summed E-state index contributed by atoms with van der Waals surface area (Å²) in [4.78, 5) is 26.1. The Labute approximate surface area is 139 Å². The first kappa shape index (κ1) is 16.1. The predicted molar refractivity (Wildman–Crippen MR) is 87.3 cm³/mol. The standard InChI is InChI=1S/C16H20N6O2/c1-11(2)8-21-9-12(7-15(21)23)16(24)18-13-3-5-14(6-4-13)22-10-17-19-20-22/h3-6,10-12H,7-9H2,1-2H3,(H,18,24)/t12-/m0/s1. The monoisotopic (exact) mass is 328 g/mol. The summed E-state index contributed by atoms with van der Waals surface area (Å²) >= 11 is 0. The summed E-state index contributed by atoms with van der Waals surface area (Å²) in [6.45, 7) is 5.31. The molecule has 1 N–H and O–H groups in total. The summed E-state index contributed by atoms with van der Waals surface area (Å²) in [6.07, 6.45) is 1.78. The molecule has 1 atom stereocenters. The zero-order chi connectivity index (χ0) is 17.1. The third-order valence-corrected chi connectivity index (χ3v) is 3.92. The zero-order valence-electron chi connectivity index (χ0n) is 13.7. The summed E-state index contributed by atoms with van der Waals surface area (Å²) in [5, 5.41) is 13.8. The molecule has 24 heavy (non-hydrogen) atoms. The number of anilines is 1. The maximum absolute atomic E-state index is 12.4. The molecule has 0 unspecified atom stereocenters. The van der Waals surface area contributed by atoms with Crippen LogP contribution in [0.3, 0.4) is 0 Å². The lowest BCUT2D eigenvalue weighted by Gasteiger charge is -2.18. The third kappa shape index (κ3) is 3.58. The first-order valence-electron chi connectivity index (χ1n) is 7.95. The van der Waals surface area contributed by atoms with Crippen LogP contribution in [0.5, 0.6) is 0 Å². The number of tetrazole rings is 1. The molecule has 0 saturated carbocycles. The Morgan fingerprint density at radius 1 is 1.33 bits per heavy atom. The van der Waals surface area contributed by atoms with Crippen LogP contribution in [-0.2, 0) is 9.59 Å². The van der Waals surface area contributed by atoms with Crippen molar-refractivity contribution in [2.24, 2.45) is 11.8 Å². The summed E-state index contributed by atoms with van der Waals surface area (Å²) in [7, 11) is 0. The number of hydrogen-bond acceptors (Lipinski definition) is 5. The Bertz CT molecular complexity index is 711. The predicted octanol–water partition coefficient (Wildman–Crippen LogP) is 1.11. The molecule has 0 bridgehead atoms. The minimum atomic E-state index is -0.296. The number of nitrogens with zero attached hydrogens (tertiary/aromatic N) is 5. The highest BCUT2D eigenvalue weighted by Crippen LogP contribution is 2.21. The van der Waals surface area contributed by atoms with Gasteiger partial charge in [-0.3, -0.25) is 9.59 Å². The van der Waals surface area contributed by atoms with Gasteiger partial charge in [0.2, 0.25) is 11.8 Å². The van der Waals surface area contributed by atoms with Gasteiger partial charge in [0.15, 0.2) is 0 Å². The van der Waals surface area contributed by atoms with E-state index < -0.39 is 0 Å². The van der Waals surface area contributed by atoms with Crippen molar-refractivity contribution in [3.8, 4) is 5.69 Å². The van der Waals surface area contributed by atoms with Gasteiger partial charge in [-0.05, 0) is 40.6 Å². The number of amides is 2. The lowest BCUT2D eigenvalue weighted by atomic mass is 10.1. The second-order valence-corrected chi connectivity index (χ2v) is 6.38. The van der Waals surface area contributed by atoms with E-state index in [9.17, 15) is 9.59 Å². The molecule has 8 nitrogen and oxygen atoms in total. The van der Waals surface area contributed by atoms with Gasteiger partial charge in [-0.15, -0.1) is 5.10 Å². The van der Waals surface area contributed by atoms with Crippen LogP contribution in [0.4, 0.5) is 5.69 Å². The quantitative estimate of drug-likeness (QED) is 0.887. The Kier molecular flexibility index (Phi) is 4.54. The number of nitrogens with one attached hydrogen (secondary N) is 1. The van der Waals surface area contributed by atoms with E-state index in [0.29, 0.717) is 24.7 Å². The minimum Gasteiger partial charge on any atom is -0.342 e. The van der Waals surface area contributed by atoms with Crippen molar-refractivity contribution in [2.75, 3.05) is 18.4 Å². The second-order valence-electron chi connectivity index (χ2n) is 6.38. The van der Waals surface area contributed by atoms with E-state index >= 15 is 0 Å². The maximum Gasteiger partial charge on any atom is 0.229 e. The molecule has 1 aliphatic rings. The summed E-state index contributed by atoms with van der Waals surface area (Å²) in [5.41, 5.74) is 1.49. The normalized spacial score (nSPS) is 17.5. The molecule has 1 aromatic carbocycles. The first-order chi connectivity index (χ1) is 11.5. The van der Waals surface area contributed by atoms with Crippen molar-refractivity contribution < 1.29 is 9.59 Å². The van der Waals surface area contributed by atoms with Crippen LogP contribution in [-0.4, -0.2) is 50.0 Å².